The third-order valence-corrected chi connectivity index (χ3v) is 3.44. The molecule has 2 rings (SSSR count). The lowest BCUT2D eigenvalue weighted by Crippen LogP contribution is -2.36. The van der Waals surface area contributed by atoms with Gasteiger partial charge in [0, 0.05) is 12.6 Å². The highest BCUT2D eigenvalue weighted by molar-refractivity contribution is 6.29. The second kappa shape index (κ2) is 4.45. The van der Waals surface area contributed by atoms with Crippen LogP contribution in [0.5, 0.6) is 0 Å². The number of nitrogens with one attached hydrogen (secondary N) is 1. The van der Waals surface area contributed by atoms with Crippen molar-refractivity contribution in [2.45, 2.75) is 32.7 Å². The Kier molecular flexibility index (Phi) is 3.19. The lowest BCUT2D eigenvalue weighted by molar-refractivity contribution is 0.423. The van der Waals surface area contributed by atoms with Gasteiger partial charge in [0.1, 0.15) is 5.15 Å². The molecule has 1 heterocycles. The van der Waals surface area contributed by atoms with E-state index in [2.05, 4.69) is 11.9 Å². The maximum absolute atomic E-state index is 11.6. The van der Waals surface area contributed by atoms with Crippen molar-refractivity contribution in [1.82, 2.24) is 9.55 Å². The summed E-state index contributed by atoms with van der Waals surface area (Å²) in [7, 11) is 0. The zero-order valence-electron chi connectivity index (χ0n) is 9.20. The summed E-state index contributed by atoms with van der Waals surface area (Å²) in [6, 6.07) is 1.25. The van der Waals surface area contributed by atoms with Gasteiger partial charge in [-0.25, -0.2) is 4.79 Å². The predicted molar refractivity (Wildman–Crippen MR) is 62.8 cm³/mol. The first-order valence-corrected chi connectivity index (χ1v) is 5.93. The third-order valence-electron chi connectivity index (χ3n) is 3.23. The van der Waals surface area contributed by atoms with E-state index in [1.807, 2.05) is 0 Å². The summed E-state index contributed by atoms with van der Waals surface area (Å²) in [6.45, 7) is 2.71. The second-order valence-electron chi connectivity index (χ2n) is 4.66. The van der Waals surface area contributed by atoms with Crippen molar-refractivity contribution in [2.75, 3.05) is 0 Å². The quantitative estimate of drug-likeness (QED) is 0.802. The largest absolute Gasteiger partial charge is 0.329 e. The van der Waals surface area contributed by atoms with Crippen LogP contribution in [-0.4, -0.2) is 9.55 Å². The fraction of sp³-hybridized carbons (Fsp3) is 0.636. The molecule has 1 N–H and O–H groups in total. The molecule has 1 saturated carbocycles. The van der Waals surface area contributed by atoms with Crippen LogP contribution < -0.4 is 11.2 Å². The van der Waals surface area contributed by atoms with Gasteiger partial charge in [-0.2, -0.15) is 0 Å². The Balaban J connectivity index is 2.22. The summed E-state index contributed by atoms with van der Waals surface area (Å²) >= 11 is 5.59. The number of hydrogen-bond donors (Lipinski definition) is 1. The molecule has 1 aliphatic rings. The first kappa shape index (κ1) is 11.5. The van der Waals surface area contributed by atoms with Crippen LogP contribution in [0.4, 0.5) is 0 Å². The average molecular weight is 243 g/mol. The molecule has 1 aromatic rings. The molecule has 2 atom stereocenters. The third kappa shape index (κ3) is 2.38. The van der Waals surface area contributed by atoms with E-state index < -0.39 is 5.69 Å². The topological polar surface area (TPSA) is 54.9 Å². The van der Waals surface area contributed by atoms with Crippen molar-refractivity contribution in [3.8, 4) is 0 Å². The fourth-order valence-electron chi connectivity index (χ4n) is 2.41. The van der Waals surface area contributed by atoms with Crippen LogP contribution in [-0.2, 0) is 6.54 Å². The zero-order chi connectivity index (χ0) is 11.7. The molecule has 4 nitrogen and oxygen atoms in total. The van der Waals surface area contributed by atoms with E-state index in [0.29, 0.717) is 18.4 Å². The number of H-pyrrole nitrogens is 1. The molecule has 2 unspecified atom stereocenters. The smallest absolute Gasteiger partial charge is 0.298 e. The lowest BCUT2D eigenvalue weighted by Gasteiger charge is -2.10. The van der Waals surface area contributed by atoms with E-state index in [1.165, 1.54) is 17.1 Å². The van der Waals surface area contributed by atoms with Gasteiger partial charge in [0.2, 0.25) is 0 Å². The van der Waals surface area contributed by atoms with Crippen LogP contribution in [0.15, 0.2) is 15.7 Å². The summed E-state index contributed by atoms with van der Waals surface area (Å²) in [4.78, 5) is 25.6. The second-order valence-corrected chi connectivity index (χ2v) is 5.06. The van der Waals surface area contributed by atoms with Crippen LogP contribution >= 0.6 is 11.6 Å². The number of hydrogen-bond acceptors (Lipinski definition) is 2. The molecule has 5 heteroatoms. The van der Waals surface area contributed by atoms with Crippen molar-refractivity contribution in [3.05, 3.63) is 32.1 Å². The molecule has 88 valence electrons. The SMILES string of the molecule is CC1CCC(Cn2c(=O)cc(Cl)[nH]c2=O)C1. The Hall–Kier alpha value is -1.03. The van der Waals surface area contributed by atoms with Crippen LogP contribution in [0.1, 0.15) is 26.2 Å². The molecule has 0 aromatic carbocycles. The van der Waals surface area contributed by atoms with E-state index >= 15 is 0 Å². The number of rotatable bonds is 2. The monoisotopic (exact) mass is 242 g/mol. The van der Waals surface area contributed by atoms with Gasteiger partial charge < -0.3 is 0 Å². The van der Waals surface area contributed by atoms with Gasteiger partial charge in [-0.05, 0) is 24.7 Å². The Morgan fingerprint density at radius 3 is 2.81 bits per heavy atom. The maximum atomic E-state index is 11.6. The molecular weight excluding hydrogens is 228 g/mol. The zero-order valence-corrected chi connectivity index (χ0v) is 9.96. The normalized spacial score (nSPS) is 24.9. The molecule has 0 saturated heterocycles. The van der Waals surface area contributed by atoms with Gasteiger partial charge in [0.25, 0.3) is 5.56 Å². The molecule has 0 aliphatic heterocycles. The van der Waals surface area contributed by atoms with Gasteiger partial charge in [-0.3, -0.25) is 14.3 Å². The van der Waals surface area contributed by atoms with Gasteiger partial charge in [0.15, 0.2) is 0 Å². The number of aromatic nitrogens is 2. The Labute approximate surface area is 98.3 Å². The molecule has 0 amide bonds. The van der Waals surface area contributed by atoms with E-state index in [4.69, 9.17) is 11.6 Å². The number of halogens is 1. The van der Waals surface area contributed by atoms with Crippen molar-refractivity contribution in [1.29, 1.82) is 0 Å². The van der Waals surface area contributed by atoms with E-state index in [0.717, 1.165) is 12.8 Å². The standard InChI is InChI=1S/C11H15ClN2O2/c1-7-2-3-8(4-7)6-14-10(15)5-9(12)13-11(14)16/h5,7-8H,2-4,6H2,1H3,(H,13,16). The molecule has 1 fully saturated rings. The summed E-state index contributed by atoms with van der Waals surface area (Å²) < 4.78 is 1.24. The van der Waals surface area contributed by atoms with Gasteiger partial charge in [0.05, 0.1) is 0 Å². The minimum atomic E-state index is -0.406. The summed E-state index contributed by atoms with van der Waals surface area (Å²) in [5.41, 5.74) is -0.717. The molecule has 1 aromatic heterocycles. The van der Waals surface area contributed by atoms with E-state index in [9.17, 15) is 9.59 Å². The highest BCUT2D eigenvalue weighted by atomic mass is 35.5. The van der Waals surface area contributed by atoms with Crippen LogP contribution in [0.3, 0.4) is 0 Å². The highest BCUT2D eigenvalue weighted by Crippen LogP contribution is 2.30. The Morgan fingerprint density at radius 2 is 2.25 bits per heavy atom. The maximum Gasteiger partial charge on any atom is 0.329 e. The van der Waals surface area contributed by atoms with Crippen LogP contribution in [0.2, 0.25) is 5.15 Å². The molecule has 16 heavy (non-hydrogen) atoms. The molecule has 0 radical (unpaired) electrons. The summed E-state index contributed by atoms with van der Waals surface area (Å²) in [6.07, 6.45) is 3.37. The Morgan fingerprint density at radius 1 is 1.50 bits per heavy atom. The van der Waals surface area contributed by atoms with Crippen LogP contribution in [0.25, 0.3) is 0 Å². The van der Waals surface area contributed by atoms with E-state index in [1.54, 1.807) is 0 Å². The minimum Gasteiger partial charge on any atom is -0.298 e. The number of nitrogens with zero attached hydrogens (tertiary/aromatic N) is 1. The Bertz CT molecular complexity index is 460. The average Bonchev–Trinajstić information content (AvgIpc) is 2.58. The lowest BCUT2D eigenvalue weighted by atomic mass is 10.1. The van der Waals surface area contributed by atoms with Crippen LogP contribution in [0, 0.1) is 11.8 Å². The van der Waals surface area contributed by atoms with Gasteiger partial charge in [-0.1, -0.05) is 24.9 Å². The summed E-state index contributed by atoms with van der Waals surface area (Å²) in [5, 5.41) is 0.103. The molecule has 0 bridgehead atoms. The van der Waals surface area contributed by atoms with Crippen molar-refractivity contribution >= 4 is 11.6 Å². The van der Waals surface area contributed by atoms with E-state index in [-0.39, 0.29) is 10.7 Å². The highest BCUT2D eigenvalue weighted by Gasteiger charge is 2.22. The first-order valence-electron chi connectivity index (χ1n) is 5.56. The molecule has 1 aliphatic carbocycles. The van der Waals surface area contributed by atoms with Crippen molar-refractivity contribution in [2.24, 2.45) is 11.8 Å². The first-order chi connectivity index (χ1) is 7.56. The molecule has 0 spiro atoms. The predicted octanol–water partition coefficient (Wildman–Crippen LogP) is 1.63. The number of aromatic amines is 1. The van der Waals surface area contributed by atoms with Gasteiger partial charge >= 0.3 is 5.69 Å². The van der Waals surface area contributed by atoms with Crippen molar-refractivity contribution < 1.29 is 0 Å². The minimum absolute atomic E-state index is 0.103. The molecular formula is C11H15ClN2O2. The van der Waals surface area contributed by atoms with Crippen molar-refractivity contribution in [3.63, 3.8) is 0 Å². The van der Waals surface area contributed by atoms with Gasteiger partial charge in [-0.15, -0.1) is 0 Å². The fourth-order valence-corrected chi connectivity index (χ4v) is 2.59. The summed E-state index contributed by atoms with van der Waals surface area (Å²) in [5.74, 6) is 1.14.